The summed E-state index contributed by atoms with van der Waals surface area (Å²) in [5.41, 5.74) is 2.38. The minimum Gasteiger partial charge on any atom is -0.508 e. The molecule has 1 amide bonds. The highest BCUT2D eigenvalue weighted by Gasteiger charge is 2.21. The average Bonchev–Trinajstić information content (AvgIpc) is 2.77. The summed E-state index contributed by atoms with van der Waals surface area (Å²) in [6.07, 6.45) is -0.297. The van der Waals surface area contributed by atoms with E-state index in [1.807, 2.05) is 38.1 Å². The number of phenolic OH excluding ortho intramolecular Hbond substituents is 2. The van der Waals surface area contributed by atoms with E-state index in [9.17, 15) is 20.1 Å². The molecule has 0 unspecified atom stereocenters. The smallest absolute Gasteiger partial charge is 0.251 e. The first kappa shape index (κ1) is 25.8. The molecule has 8 heteroatoms. The van der Waals surface area contributed by atoms with E-state index in [4.69, 9.17) is 23.2 Å². The molecule has 0 radical (unpaired) electrons. The third kappa shape index (κ3) is 7.37. The lowest BCUT2D eigenvalue weighted by Gasteiger charge is -2.28. The van der Waals surface area contributed by atoms with Gasteiger partial charge in [0.15, 0.2) is 0 Å². The van der Waals surface area contributed by atoms with Crippen molar-refractivity contribution < 1.29 is 20.1 Å². The van der Waals surface area contributed by atoms with Crippen molar-refractivity contribution in [3.8, 4) is 11.5 Å². The second-order valence-electron chi connectivity index (χ2n) is 8.87. The van der Waals surface area contributed by atoms with Crippen molar-refractivity contribution in [3.05, 3.63) is 93.0 Å². The number of β-amino-alcohol motifs (C(OH)–C–C–N with tert-alkyl or cyclic N) is 1. The van der Waals surface area contributed by atoms with Gasteiger partial charge in [-0.15, -0.1) is 0 Å². The molecule has 0 saturated heterocycles. The summed E-state index contributed by atoms with van der Waals surface area (Å²) < 4.78 is 0. The van der Waals surface area contributed by atoms with Crippen molar-refractivity contribution in [1.82, 2.24) is 10.6 Å². The van der Waals surface area contributed by atoms with Crippen LogP contribution in [0.3, 0.4) is 0 Å². The van der Waals surface area contributed by atoms with Crippen molar-refractivity contribution >= 4 is 29.1 Å². The monoisotopic (exact) mass is 502 g/mol. The number of halogens is 2. The van der Waals surface area contributed by atoms with Crippen molar-refractivity contribution in [3.63, 3.8) is 0 Å². The Bertz CT molecular complexity index is 1150. The molecule has 0 bridgehead atoms. The maximum atomic E-state index is 12.7. The molecule has 0 aliphatic rings. The van der Waals surface area contributed by atoms with Gasteiger partial charge >= 0.3 is 0 Å². The van der Waals surface area contributed by atoms with Gasteiger partial charge in [-0.2, -0.15) is 0 Å². The molecular formula is C26H28Cl2N2O4. The van der Waals surface area contributed by atoms with E-state index >= 15 is 0 Å². The van der Waals surface area contributed by atoms with Gasteiger partial charge in [0.1, 0.15) is 11.5 Å². The molecule has 0 spiro atoms. The van der Waals surface area contributed by atoms with Crippen LogP contribution in [0.4, 0.5) is 0 Å². The summed E-state index contributed by atoms with van der Waals surface area (Å²) in [4.78, 5) is 12.7. The summed E-state index contributed by atoms with van der Waals surface area (Å²) in [5, 5.41) is 36.8. The zero-order chi connectivity index (χ0) is 24.9. The predicted octanol–water partition coefficient (Wildman–Crippen LogP) is 4.98. The fraction of sp³-hybridized carbons (Fsp3) is 0.269. The molecule has 3 rings (SSSR count). The Balaban J connectivity index is 1.58. The summed E-state index contributed by atoms with van der Waals surface area (Å²) >= 11 is 12.0. The highest BCUT2D eigenvalue weighted by atomic mass is 35.5. The quantitative estimate of drug-likeness (QED) is 0.284. The Labute approximate surface area is 209 Å². The van der Waals surface area contributed by atoms with Crippen molar-refractivity contribution in [2.75, 3.05) is 6.54 Å². The van der Waals surface area contributed by atoms with Crippen LogP contribution >= 0.6 is 23.2 Å². The van der Waals surface area contributed by atoms with Gasteiger partial charge in [-0.25, -0.2) is 0 Å². The second kappa shape index (κ2) is 11.1. The minimum atomic E-state index is -0.907. The zero-order valence-corrected chi connectivity index (χ0v) is 20.5. The number of amides is 1. The third-order valence-corrected chi connectivity index (χ3v) is 6.09. The number of carbonyl (C=O) groups is 1. The highest BCUT2D eigenvalue weighted by Crippen LogP contribution is 2.25. The van der Waals surface area contributed by atoms with Gasteiger partial charge in [0.2, 0.25) is 0 Å². The van der Waals surface area contributed by atoms with Gasteiger partial charge < -0.3 is 26.0 Å². The lowest BCUT2D eigenvalue weighted by atomic mass is 9.93. The molecule has 0 heterocycles. The number of benzene rings is 3. The number of aromatic hydroxyl groups is 2. The summed E-state index contributed by atoms with van der Waals surface area (Å²) in [6, 6.07) is 16.7. The molecule has 1 atom stereocenters. The molecule has 0 aliphatic carbocycles. The van der Waals surface area contributed by atoms with E-state index in [0.717, 1.165) is 11.1 Å². The first-order valence-electron chi connectivity index (χ1n) is 10.8. The molecule has 5 N–H and O–H groups in total. The largest absolute Gasteiger partial charge is 0.508 e. The van der Waals surface area contributed by atoms with Crippen LogP contribution in [-0.2, 0) is 13.0 Å². The van der Waals surface area contributed by atoms with E-state index in [2.05, 4.69) is 10.6 Å². The highest BCUT2D eigenvalue weighted by molar-refractivity contribution is 6.42. The van der Waals surface area contributed by atoms with Crippen LogP contribution in [0.1, 0.15) is 47.0 Å². The number of hydrogen-bond donors (Lipinski definition) is 5. The van der Waals surface area contributed by atoms with Gasteiger partial charge in [0, 0.05) is 30.3 Å². The number of carbonyl (C=O) groups excluding carboxylic acids is 1. The van der Waals surface area contributed by atoms with E-state index in [0.29, 0.717) is 34.1 Å². The molecule has 34 heavy (non-hydrogen) atoms. The molecule has 0 aliphatic heterocycles. The Hall–Kier alpha value is -2.77. The average molecular weight is 503 g/mol. The minimum absolute atomic E-state index is 0.109. The van der Waals surface area contributed by atoms with E-state index in [-0.39, 0.29) is 24.0 Å². The van der Waals surface area contributed by atoms with Gasteiger partial charge in [0.05, 0.1) is 16.1 Å². The molecule has 0 fully saturated rings. The van der Waals surface area contributed by atoms with Crippen LogP contribution in [-0.4, -0.2) is 33.3 Å². The first-order valence-corrected chi connectivity index (χ1v) is 11.5. The number of aliphatic hydroxyl groups excluding tert-OH is 1. The van der Waals surface area contributed by atoms with E-state index < -0.39 is 11.6 Å². The maximum absolute atomic E-state index is 12.7. The van der Waals surface area contributed by atoms with Gasteiger partial charge in [-0.05, 0) is 73.4 Å². The molecule has 180 valence electrons. The Morgan fingerprint density at radius 1 is 0.941 bits per heavy atom. The predicted molar refractivity (Wildman–Crippen MR) is 135 cm³/mol. The molecular weight excluding hydrogens is 475 g/mol. The number of rotatable bonds is 9. The maximum Gasteiger partial charge on any atom is 0.251 e. The Kier molecular flexibility index (Phi) is 8.44. The van der Waals surface area contributed by atoms with E-state index in [1.165, 1.54) is 18.2 Å². The number of hydrogen-bond acceptors (Lipinski definition) is 5. The van der Waals surface area contributed by atoms with Crippen LogP contribution in [0.25, 0.3) is 0 Å². The summed E-state index contributed by atoms with van der Waals surface area (Å²) in [5.74, 6) is -0.414. The lowest BCUT2D eigenvalue weighted by Crippen LogP contribution is -2.43. The normalized spacial score (nSPS) is 12.4. The molecule has 6 nitrogen and oxygen atoms in total. The van der Waals surface area contributed by atoms with Gasteiger partial charge in [-0.3, -0.25) is 4.79 Å². The van der Waals surface area contributed by atoms with Crippen LogP contribution < -0.4 is 10.6 Å². The number of phenols is 2. The number of nitrogens with one attached hydrogen (secondary N) is 2. The van der Waals surface area contributed by atoms with Crippen LogP contribution in [0.2, 0.25) is 10.0 Å². The van der Waals surface area contributed by atoms with E-state index in [1.54, 1.807) is 18.2 Å². The van der Waals surface area contributed by atoms with Crippen LogP contribution in [0.5, 0.6) is 11.5 Å². The van der Waals surface area contributed by atoms with Crippen LogP contribution in [0.15, 0.2) is 60.7 Å². The molecule has 3 aromatic carbocycles. The lowest BCUT2D eigenvalue weighted by molar-refractivity contribution is 0.0950. The molecule has 0 aromatic heterocycles. The summed E-state index contributed by atoms with van der Waals surface area (Å²) in [7, 11) is 0. The second-order valence-corrected chi connectivity index (χ2v) is 9.69. The van der Waals surface area contributed by atoms with Gasteiger partial charge in [0.25, 0.3) is 5.91 Å². The standard InChI is InChI=1S/C26H28Cl2N2O4/c1-26(2,30-15-24(33)19-10-20(31)12-21(32)11-19)13-16-4-3-5-18(8-16)25(34)29-14-17-6-7-22(27)23(28)9-17/h3-12,24,30-33H,13-15H2,1-2H3,(H,29,34)/t24-/m0/s1. The first-order chi connectivity index (χ1) is 16.0. The molecule has 0 saturated carbocycles. The van der Waals surface area contributed by atoms with Crippen molar-refractivity contribution in [2.24, 2.45) is 0 Å². The van der Waals surface area contributed by atoms with Crippen LogP contribution in [0, 0.1) is 0 Å². The fourth-order valence-electron chi connectivity index (χ4n) is 3.63. The zero-order valence-electron chi connectivity index (χ0n) is 19.0. The number of aliphatic hydroxyl groups is 1. The van der Waals surface area contributed by atoms with Crippen molar-refractivity contribution in [1.29, 1.82) is 0 Å². The SMILES string of the molecule is CC(C)(Cc1cccc(C(=O)NCc2ccc(Cl)c(Cl)c2)c1)NC[C@H](O)c1cc(O)cc(O)c1. The topological polar surface area (TPSA) is 102 Å². The Morgan fingerprint density at radius 3 is 2.32 bits per heavy atom. The Morgan fingerprint density at radius 2 is 1.65 bits per heavy atom. The van der Waals surface area contributed by atoms with Gasteiger partial charge in [-0.1, -0.05) is 41.4 Å². The third-order valence-electron chi connectivity index (χ3n) is 5.36. The molecule has 3 aromatic rings. The van der Waals surface area contributed by atoms with Crippen molar-refractivity contribution in [2.45, 2.75) is 38.5 Å². The fourth-order valence-corrected chi connectivity index (χ4v) is 3.95. The summed E-state index contributed by atoms with van der Waals surface area (Å²) in [6.45, 7) is 4.54.